The van der Waals surface area contributed by atoms with Gasteiger partial charge in [0.1, 0.15) is 0 Å². The van der Waals surface area contributed by atoms with Crippen molar-refractivity contribution in [3.63, 3.8) is 0 Å². The minimum Gasteiger partial charge on any atom is -0.385 e. The lowest BCUT2D eigenvalue weighted by molar-refractivity contribution is 0.466. The van der Waals surface area contributed by atoms with Gasteiger partial charge in [-0.25, -0.2) is 0 Å². The number of dihydropyridines is 1. The Morgan fingerprint density at radius 1 is 1.50 bits per heavy atom. The smallest absolute Gasteiger partial charge is 0.304 e. The Bertz CT molecular complexity index is 427. The van der Waals surface area contributed by atoms with Crippen molar-refractivity contribution in [2.75, 3.05) is 19.6 Å². The highest BCUT2D eigenvalue weighted by Gasteiger charge is 2.36. The number of nitrogens with one attached hydrogen (secondary N) is 1. The summed E-state index contributed by atoms with van der Waals surface area (Å²) >= 11 is 0. The lowest BCUT2D eigenvalue weighted by Crippen LogP contribution is -2.34. The van der Waals surface area contributed by atoms with E-state index in [1.54, 1.807) is 12.3 Å². The Balaban J connectivity index is 2.27. The molecule has 0 aromatic rings. The molecule has 0 saturated carbocycles. The quantitative estimate of drug-likeness (QED) is 0.757. The van der Waals surface area contributed by atoms with Crippen molar-refractivity contribution < 1.29 is 8.42 Å². The van der Waals surface area contributed by atoms with E-state index in [1.807, 2.05) is 19.9 Å². The maximum atomic E-state index is 12.1. The zero-order valence-electron chi connectivity index (χ0n) is 9.55. The molecular weight excluding hydrogens is 226 g/mol. The van der Waals surface area contributed by atoms with Crippen LogP contribution in [-0.4, -0.2) is 42.7 Å². The standard InChI is InChI=1S/C10H17N3O2S/c1-3-12-6-7-13(16(12,14)15)10-4-5-11-9(2)8-10/h4-5,8-9,11H,3,6-7H2,1-2H3. The SMILES string of the molecule is CCN1CCN(C2=CC(C)NC=C2)S1(=O)=O. The maximum Gasteiger partial charge on any atom is 0.304 e. The first-order chi connectivity index (χ1) is 7.55. The first-order valence-corrected chi connectivity index (χ1v) is 6.87. The van der Waals surface area contributed by atoms with E-state index in [0.29, 0.717) is 19.6 Å². The summed E-state index contributed by atoms with van der Waals surface area (Å²) in [6.45, 7) is 5.49. The summed E-state index contributed by atoms with van der Waals surface area (Å²) in [5.41, 5.74) is 0.766. The van der Waals surface area contributed by atoms with Gasteiger partial charge in [-0.15, -0.1) is 0 Å². The fraction of sp³-hybridized carbons (Fsp3) is 0.600. The van der Waals surface area contributed by atoms with Crippen molar-refractivity contribution in [3.05, 3.63) is 24.0 Å². The molecule has 0 amide bonds. The fourth-order valence-electron chi connectivity index (χ4n) is 1.97. The Labute approximate surface area is 96.6 Å². The largest absolute Gasteiger partial charge is 0.385 e. The minimum absolute atomic E-state index is 0.172. The molecule has 0 aromatic carbocycles. The van der Waals surface area contributed by atoms with E-state index < -0.39 is 10.2 Å². The summed E-state index contributed by atoms with van der Waals surface area (Å²) < 4.78 is 27.1. The van der Waals surface area contributed by atoms with Crippen LogP contribution < -0.4 is 5.32 Å². The molecule has 2 aliphatic heterocycles. The monoisotopic (exact) mass is 243 g/mol. The van der Waals surface area contributed by atoms with E-state index in [0.717, 1.165) is 5.70 Å². The lowest BCUT2D eigenvalue weighted by Gasteiger charge is -2.23. The van der Waals surface area contributed by atoms with Gasteiger partial charge in [0, 0.05) is 25.7 Å². The number of hydrogen-bond donors (Lipinski definition) is 1. The van der Waals surface area contributed by atoms with Crippen molar-refractivity contribution in [1.29, 1.82) is 0 Å². The van der Waals surface area contributed by atoms with Crippen LogP contribution in [0.15, 0.2) is 24.0 Å². The molecule has 6 heteroatoms. The van der Waals surface area contributed by atoms with E-state index in [1.165, 1.54) is 8.61 Å². The molecule has 0 radical (unpaired) electrons. The number of hydrogen-bond acceptors (Lipinski definition) is 3. The van der Waals surface area contributed by atoms with Gasteiger partial charge in [-0.1, -0.05) is 6.92 Å². The molecule has 0 aromatic heterocycles. The Kier molecular flexibility index (Phi) is 2.94. The second-order valence-electron chi connectivity index (χ2n) is 3.95. The zero-order valence-corrected chi connectivity index (χ0v) is 10.4. The van der Waals surface area contributed by atoms with E-state index >= 15 is 0 Å². The molecule has 0 aliphatic carbocycles. The Morgan fingerprint density at radius 2 is 2.25 bits per heavy atom. The number of likely N-dealkylation sites (N-methyl/N-ethyl adjacent to an activating group) is 1. The van der Waals surface area contributed by atoms with Gasteiger partial charge in [0.25, 0.3) is 0 Å². The van der Waals surface area contributed by atoms with Crippen LogP contribution in [0.4, 0.5) is 0 Å². The van der Waals surface area contributed by atoms with Gasteiger partial charge < -0.3 is 5.32 Å². The van der Waals surface area contributed by atoms with Gasteiger partial charge in [-0.2, -0.15) is 12.7 Å². The van der Waals surface area contributed by atoms with E-state index in [4.69, 9.17) is 0 Å². The summed E-state index contributed by atoms with van der Waals surface area (Å²) in [7, 11) is -3.28. The molecular formula is C10H17N3O2S. The van der Waals surface area contributed by atoms with Gasteiger partial charge >= 0.3 is 10.2 Å². The lowest BCUT2D eigenvalue weighted by atomic mass is 10.2. The van der Waals surface area contributed by atoms with Gasteiger partial charge in [0.05, 0.1) is 5.70 Å². The van der Waals surface area contributed by atoms with Gasteiger partial charge in [0.15, 0.2) is 0 Å². The molecule has 5 nitrogen and oxygen atoms in total. The normalized spacial score (nSPS) is 29.0. The molecule has 16 heavy (non-hydrogen) atoms. The summed E-state index contributed by atoms with van der Waals surface area (Å²) in [5, 5.41) is 3.10. The highest BCUT2D eigenvalue weighted by Crippen LogP contribution is 2.23. The van der Waals surface area contributed by atoms with Crippen LogP contribution >= 0.6 is 0 Å². The molecule has 0 bridgehead atoms. The number of rotatable bonds is 2. The van der Waals surface area contributed by atoms with Crippen molar-refractivity contribution in [2.45, 2.75) is 19.9 Å². The Hall–Kier alpha value is -1.01. The van der Waals surface area contributed by atoms with Gasteiger partial charge in [-0.3, -0.25) is 4.31 Å². The second kappa shape index (κ2) is 4.10. The van der Waals surface area contributed by atoms with Crippen LogP contribution in [0.3, 0.4) is 0 Å². The molecule has 90 valence electrons. The predicted molar refractivity (Wildman–Crippen MR) is 62.7 cm³/mol. The predicted octanol–water partition coefficient (Wildman–Crippen LogP) is 0.258. The molecule has 2 aliphatic rings. The van der Waals surface area contributed by atoms with Crippen molar-refractivity contribution >= 4 is 10.2 Å². The van der Waals surface area contributed by atoms with Crippen molar-refractivity contribution in [2.24, 2.45) is 0 Å². The zero-order chi connectivity index (χ0) is 11.8. The molecule has 1 fully saturated rings. The van der Waals surface area contributed by atoms with E-state index in [9.17, 15) is 8.42 Å². The fourth-order valence-corrected chi connectivity index (χ4v) is 3.59. The molecule has 2 rings (SSSR count). The molecule has 0 spiro atoms. The highest BCUT2D eigenvalue weighted by atomic mass is 32.2. The average Bonchev–Trinajstić information content (AvgIpc) is 2.53. The summed E-state index contributed by atoms with van der Waals surface area (Å²) in [5.74, 6) is 0. The minimum atomic E-state index is -3.28. The first kappa shape index (κ1) is 11.5. The highest BCUT2D eigenvalue weighted by molar-refractivity contribution is 7.87. The van der Waals surface area contributed by atoms with Crippen LogP contribution in [0.25, 0.3) is 0 Å². The molecule has 1 atom stereocenters. The van der Waals surface area contributed by atoms with E-state index in [-0.39, 0.29) is 6.04 Å². The second-order valence-corrected chi connectivity index (χ2v) is 5.80. The van der Waals surface area contributed by atoms with Gasteiger partial charge in [-0.05, 0) is 25.3 Å². The van der Waals surface area contributed by atoms with Crippen molar-refractivity contribution in [3.8, 4) is 0 Å². The molecule has 1 N–H and O–H groups in total. The summed E-state index contributed by atoms with van der Waals surface area (Å²) in [4.78, 5) is 0. The molecule has 2 heterocycles. The number of allylic oxidation sites excluding steroid dienone is 1. The van der Waals surface area contributed by atoms with Crippen LogP contribution in [0.5, 0.6) is 0 Å². The molecule has 1 saturated heterocycles. The van der Waals surface area contributed by atoms with Crippen molar-refractivity contribution in [1.82, 2.24) is 13.9 Å². The summed E-state index contributed by atoms with van der Waals surface area (Å²) in [6.07, 6.45) is 5.53. The van der Waals surface area contributed by atoms with E-state index in [2.05, 4.69) is 5.32 Å². The summed E-state index contributed by atoms with van der Waals surface area (Å²) in [6, 6.07) is 0.172. The average molecular weight is 243 g/mol. The van der Waals surface area contributed by atoms with Crippen LogP contribution in [0, 0.1) is 0 Å². The van der Waals surface area contributed by atoms with Gasteiger partial charge in [0.2, 0.25) is 0 Å². The van der Waals surface area contributed by atoms with Crippen LogP contribution in [0.1, 0.15) is 13.8 Å². The third kappa shape index (κ3) is 1.82. The molecule has 1 unspecified atom stereocenters. The third-order valence-electron chi connectivity index (χ3n) is 2.83. The topological polar surface area (TPSA) is 52.6 Å². The third-order valence-corrected chi connectivity index (χ3v) is 4.88. The number of nitrogens with zero attached hydrogens (tertiary/aromatic N) is 2. The Morgan fingerprint density at radius 3 is 2.81 bits per heavy atom. The van der Waals surface area contributed by atoms with Crippen LogP contribution in [0.2, 0.25) is 0 Å². The van der Waals surface area contributed by atoms with Crippen LogP contribution in [-0.2, 0) is 10.2 Å². The first-order valence-electron chi connectivity index (χ1n) is 5.48. The maximum absolute atomic E-state index is 12.1.